The molecule has 0 spiro atoms. The molecule has 2 rings (SSSR count). The summed E-state index contributed by atoms with van der Waals surface area (Å²) >= 11 is 0. The minimum Gasteiger partial charge on any atom is -0.469 e. The van der Waals surface area contributed by atoms with Gasteiger partial charge in [-0.15, -0.1) is 0 Å². The molecule has 3 heteroatoms. The van der Waals surface area contributed by atoms with Crippen LogP contribution < -0.4 is 0 Å². The zero-order valence-corrected chi connectivity index (χ0v) is 10.7. The number of ketones is 1. The van der Waals surface area contributed by atoms with Crippen molar-refractivity contribution in [3.05, 3.63) is 58.3 Å². The molecule has 0 aliphatic rings. The van der Waals surface area contributed by atoms with Crippen LogP contribution in [-0.4, -0.2) is 5.78 Å². The number of carbonyl (C=O) groups excluding carboxylic acids is 1. The van der Waals surface area contributed by atoms with Gasteiger partial charge >= 0.3 is 0 Å². The van der Waals surface area contributed by atoms with E-state index < -0.39 is 5.82 Å². The first-order chi connectivity index (χ1) is 8.54. The maximum atomic E-state index is 13.9. The molecule has 94 valence electrons. The van der Waals surface area contributed by atoms with E-state index in [0.29, 0.717) is 23.3 Å². The molecule has 0 radical (unpaired) electrons. The fourth-order valence-electron chi connectivity index (χ4n) is 2.15. The van der Waals surface area contributed by atoms with Crippen molar-refractivity contribution in [3.8, 4) is 0 Å². The minimum atomic E-state index is -0.472. The van der Waals surface area contributed by atoms with Crippen molar-refractivity contribution in [3.63, 3.8) is 0 Å². The van der Waals surface area contributed by atoms with E-state index >= 15 is 0 Å². The quantitative estimate of drug-likeness (QED) is 0.770. The molecule has 0 fully saturated rings. The third-order valence-electron chi connectivity index (χ3n) is 2.97. The minimum absolute atomic E-state index is 0.136. The highest BCUT2D eigenvalue weighted by molar-refractivity contribution is 6.10. The van der Waals surface area contributed by atoms with Crippen LogP contribution in [0.3, 0.4) is 0 Å². The fourth-order valence-corrected chi connectivity index (χ4v) is 2.15. The molecule has 18 heavy (non-hydrogen) atoms. The normalized spacial score (nSPS) is 10.7. The van der Waals surface area contributed by atoms with Crippen LogP contribution in [0.25, 0.3) is 0 Å². The second-order valence-electron chi connectivity index (χ2n) is 4.38. The van der Waals surface area contributed by atoms with Crippen molar-refractivity contribution in [2.45, 2.75) is 27.2 Å². The van der Waals surface area contributed by atoms with Crippen molar-refractivity contribution in [1.82, 2.24) is 0 Å². The maximum Gasteiger partial charge on any atom is 0.199 e. The van der Waals surface area contributed by atoms with Crippen LogP contribution >= 0.6 is 0 Å². The number of halogens is 1. The second kappa shape index (κ2) is 4.77. The Hall–Kier alpha value is -1.90. The number of furan rings is 1. The summed E-state index contributed by atoms with van der Waals surface area (Å²) in [6, 6.07) is 4.79. The molecule has 0 N–H and O–H groups in total. The number of hydrogen-bond acceptors (Lipinski definition) is 2. The van der Waals surface area contributed by atoms with Crippen LogP contribution in [0.2, 0.25) is 0 Å². The highest BCUT2D eigenvalue weighted by atomic mass is 19.1. The van der Waals surface area contributed by atoms with Crippen molar-refractivity contribution < 1.29 is 13.6 Å². The summed E-state index contributed by atoms with van der Waals surface area (Å²) in [5, 5.41) is 0. The lowest BCUT2D eigenvalue weighted by Crippen LogP contribution is -2.08. The number of benzene rings is 1. The van der Waals surface area contributed by atoms with Crippen LogP contribution in [0, 0.1) is 19.7 Å². The van der Waals surface area contributed by atoms with Gasteiger partial charge in [0.05, 0.1) is 17.4 Å². The van der Waals surface area contributed by atoms with E-state index in [4.69, 9.17) is 4.42 Å². The summed E-state index contributed by atoms with van der Waals surface area (Å²) < 4.78 is 19.2. The molecule has 1 heterocycles. The van der Waals surface area contributed by atoms with Gasteiger partial charge in [0.15, 0.2) is 5.78 Å². The van der Waals surface area contributed by atoms with Crippen LogP contribution in [0.15, 0.2) is 28.9 Å². The highest BCUT2D eigenvalue weighted by Crippen LogP contribution is 2.22. The summed E-state index contributed by atoms with van der Waals surface area (Å²) in [4.78, 5) is 12.3. The van der Waals surface area contributed by atoms with Crippen LogP contribution in [0.4, 0.5) is 4.39 Å². The lowest BCUT2D eigenvalue weighted by molar-refractivity contribution is 0.103. The Morgan fingerprint density at radius 3 is 2.67 bits per heavy atom. The topological polar surface area (TPSA) is 30.2 Å². The number of rotatable bonds is 3. The van der Waals surface area contributed by atoms with Crippen LogP contribution in [0.1, 0.15) is 39.7 Å². The molecule has 0 saturated heterocycles. The molecule has 0 aliphatic heterocycles. The molecule has 0 unspecified atom stereocenters. The molecular weight excluding hydrogens is 231 g/mol. The average Bonchev–Trinajstić information content (AvgIpc) is 2.75. The van der Waals surface area contributed by atoms with Crippen molar-refractivity contribution >= 4 is 5.78 Å². The van der Waals surface area contributed by atoms with Gasteiger partial charge in [0, 0.05) is 6.42 Å². The molecule has 2 nitrogen and oxygen atoms in total. The van der Waals surface area contributed by atoms with E-state index in [1.807, 2.05) is 13.0 Å². The van der Waals surface area contributed by atoms with Gasteiger partial charge in [-0.05, 0) is 37.1 Å². The van der Waals surface area contributed by atoms with Gasteiger partial charge in [-0.2, -0.15) is 0 Å². The SMILES string of the molecule is CCc1occc1C(=O)c1c(C)cc(C)cc1F. The third-order valence-corrected chi connectivity index (χ3v) is 2.97. The summed E-state index contributed by atoms with van der Waals surface area (Å²) in [7, 11) is 0. The molecule has 1 aromatic heterocycles. The van der Waals surface area contributed by atoms with Gasteiger partial charge in [-0.25, -0.2) is 4.39 Å². The van der Waals surface area contributed by atoms with Crippen LogP contribution in [-0.2, 0) is 6.42 Å². The molecule has 0 bridgehead atoms. The van der Waals surface area contributed by atoms with Gasteiger partial charge in [-0.1, -0.05) is 13.0 Å². The van der Waals surface area contributed by atoms with E-state index in [1.165, 1.54) is 12.3 Å². The summed E-state index contributed by atoms with van der Waals surface area (Å²) in [6.07, 6.45) is 2.08. The van der Waals surface area contributed by atoms with E-state index in [2.05, 4.69) is 0 Å². The van der Waals surface area contributed by atoms with Gasteiger partial charge in [0.1, 0.15) is 11.6 Å². The Morgan fingerprint density at radius 2 is 2.06 bits per heavy atom. The molecule has 0 saturated carbocycles. The first kappa shape index (κ1) is 12.6. The standard InChI is InChI=1S/C15H15FO2/c1-4-13-11(5-6-18-13)15(17)14-10(3)7-9(2)8-12(14)16/h5-8H,4H2,1-3H3. The van der Waals surface area contributed by atoms with Crippen molar-refractivity contribution in [2.24, 2.45) is 0 Å². The number of carbonyl (C=O) groups is 1. The summed E-state index contributed by atoms with van der Waals surface area (Å²) in [6.45, 7) is 5.45. The molecular formula is C15H15FO2. The Balaban J connectivity index is 2.53. The third kappa shape index (κ3) is 2.08. The van der Waals surface area contributed by atoms with Gasteiger partial charge in [0.2, 0.25) is 0 Å². The average molecular weight is 246 g/mol. The Bertz CT molecular complexity index is 573. The van der Waals surface area contributed by atoms with E-state index in [9.17, 15) is 9.18 Å². The smallest absolute Gasteiger partial charge is 0.199 e. The largest absolute Gasteiger partial charge is 0.469 e. The highest BCUT2D eigenvalue weighted by Gasteiger charge is 2.20. The Kier molecular flexibility index (Phi) is 3.32. The lowest BCUT2D eigenvalue weighted by atomic mass is 9.96. The fraction of sp³-hybridized carbons (Fsp3) is 0.267. The molecule has 0 aliphatic carbocycles. The zero-order chi connectivity index (χ0) is 13.3. The number of hydrogen-bond donors (Lipinski definition) is 0. The predicted octanol–water partition coefficient (Wildman–Crippen LogP) is 3.83. The first-order valence-electron chi connectivity index (χ1n) is 5.92. The van der Waals surface area contributed by atoms with Crippen LogP contribution in [0.5, 0.6) is 0 Å². The van der Waals surface area contributed by atoms with Crippen molar-refractivity contribution in [2.75, 3.05) is 0 Å². The monoisotopic (exact) mass is 246 g/mol. The van der Waals surface area contributed by atoms with Gasteiger partial charge in [0.25, 0.3) is 0 Å². The lowest BCUT2D eigenvalue weighted by Gasteiger charge is -2.07. The molecule has 0 amide bonds. The van der Waals surface area contributed by atoms with Gasteiger partial charge < -0.3 is 4.42 Å². The molecule has 0 atom stereocenters. The Labute approximate surface area is 105 Å². The first-order valence-corrected chi connectivity index (χ1v) is 5.92. The van der Waals surface area contributed by atoms with Crippen molar-refractivity contribution in [1.29, 1.82) is 0 Å². The van der Waals surface area contributed by atoms with E-state index in [1.54, 1.807) is 19.9 Å². The van der Waals surface area contributed by atoms with E-state index in [-0.39, 0.29) is 11.3 Å². The maximum absolute atomic E-state index is 13.9. The zero-order valence-electron chi connectivity index (χ0n) is 10.7. The number of aryl methyl sites for hydroxylation is 3. The Morgan fingerprint density at radius 1 is 1.33 bits per heavy atom. The van der Waals surface area contributed by atoms with E-state index in [0.717, 1.165) is 5.56 Å². The molecule has 2 aromatic rings. The summed E-state index contributed by atoms with van der Waals surface area (Å²) in [5.74, 6) is -0.185. The predicted molar refractivity (Wildman–Crippen MR) is 67.4 cm³/mol. The molecule has 1 aromatic carbocycles. The second-order valence-corrected chi connectivity index (χ2v) is 4.38. The van der Waals surface area contributed by atoms with Gasteiger partial charge in [-0.3, -0.25) is 4.79 Å². The summed E-state index contributed by atoms with van der Waals surface area (Å²) in [5.41, 5.74) is 2.05.